The Morgan fingerprint density at radius 1 is 1.00 bits per heavy atom. The van der Waals surface area contributed by atoms with Crippen molar-refractivity contribution < 1.29 is 35.8 Å². The summed E-state index contributed by atoms with van der Waals surface area (Å²) < 4.78 is 89.1. The van der Waals surface area contributed by atoms with E-state index in [0.717, 1.165) is 12.1 Å². The molecule has 0 heterocycles. The van der Waals surface area contributed by atoms with Crippen molar-refractivity contribution in [3.8, 4) is 0 Å². The molecule has 1 atom stereocenters. The first-order chi connectivity index (χ1) is 9.21. The minimum atomic E-state index is -6.19. The first-order valence-corrected chi connectivity index (χ1v) is 6.31. The fraction of sp³-hybridized carbons (Fsp3) is 0.500. The fourth-order valence-electron chi connectivity index (χ4n) is 1.76. The molecule has 1 N–H and O–H groups in total. The molecule has 0 saturated carbocycles. The second kappa shape index (κ2) is 5.42. The van der Waals surface area contributed by atoms with E-state index in [2.05, 4.69) is 15.9 Å². The average Bonchev–Trinajstić information content (AvgIpc) is 2.25. The summed E-state index contributed by atoms with van der Waals surface area (Å²) >= 11 is 2.96. The Labute approximate surface area is 123 Å². The number of benzene rings is 1. The van der Waals surface area contributed by atoms with Crippen molar-refractivity contribution >= 4 is 15.9 Å². The van der Waals surface area contributed by atoms with E-state index < -0.39 is 30.0 Å². The van der Waals surface area contributed by atoms with Gasteiger partial charge in [0.15, 0.2) is 0 Å². The summed E-state index contributed by atoms with van der Waals surface area (Å²) in [7, 11) is 0. The van der Waals surface area contributed by atoms with Gasteiger partial charge >= 0.3 is 18.0 Å². The van der Waals surface area contributed by atoms with Crippen LogP contribution in [0.1, 0.15) is 18.9 Å². The molecule has 0 fully saturated rings. The molecule has 0 aliphatic rings. The lowest BCUT2D eigenvalue weighted by molar-refractivity contribution is -0.352. The number of aliphatic hydroxyl groups is 1. The monoisotopic (exact) mass is 382 g/mol. The summed E-state index contributed by atoms with van der Waals surface area (Å²) in [6, 6.07) is 4.98. The maximum absolute atomic E-state index is 13.7. The van der Waals surface area contributed by atoms with Crippen molar-refractivity contribution in [1.29, 1.82) is 0 Å². The molecule has 120 valence electrons. The zero-order chi connectivity index (χ0) is 16.7. The second-order valence-corrected chi connectivity index (χ2v) is 5.67. The lowest BCUT2D eigenvalue weighted by atomic mass is 9.83. The number of hydrogen-bond acceptors (Lipinski definition) is 1. The molecule has 0 bridgehead atoms. The van der Waals surface area contributed by atoms with Gasteiger partial charge in [-0.15, -0.1) is 0 Å². The van der Waals surface area contributed by atoms with Crippen LogP contribution in [0.3, 0.4) is 0 Å². The van der Waals surface area contributed by atoms with Crippen LogP contribution in [0.15, 0.2) is 28.7 Å². The van der Waals surface area contributed by atoms with Crippen LogP contribution in [-0.4, -0.2) is 23.1 Å². The smallest absolute Gasteiger partial charge is 0.385 e. The topological polar surface area (TPSA) is 20.2 Å². The molecule has 1 rings (SSSR count). The van der Waals surface area contributed by atoms with Gasteiger partial charge in [0, 0.05) is 10.9 Å². The molecular formula is C12H10BrF7O. The molecule has 1 unspecified atom stereocenters. The van der Waals surface area contributed by atoms with Gasteiger partial charge in [-0.3, -0.25) is 0 Å². The molecule has 0 aromatic heterocycles. The van der Waals surface area contributed by atoms with E-state index in [1.807, 2.05) is 0 Å². The minimum absolute atomic E-state index is 0.271. The highest BCUT2D eigenvalue weighted by Gasteiger charge is 2.73. The molecule has 1 nitrogen and oxygen atoms in total. The van der Waals surface area contributed by atoms with Crippen LogP contribution in [0.2, 0.25) is 0 Å². The van der Waals surface area contributed by atoms with Gasteiger partial charge in [0.2, 0.25) is 0 Å². The van der Waals surface area contributed by atoms with Gasteiger partial charge < -0.3 is 5.11 Å². The Hall–Kier alpha value is -0.830. The molecule has 21 heavy (non-hydrogen) atoms. The highest BCUT2D eigenvalue weighted by Crippen LogP contribution is 2.51. The van der Waals surface area contributed by atoms with Crippen LogP contribution in [0.4, 0.5) is 30.7 Å². The molecule has 0 amide bonds. The van der Waals surface area contributed by atoms with Gasteiger partial charge in [-0.2, -0.15) is 26.3 Å². The van der Waals surface area contributed by atoms with Gasteiger partial charge in [-0.1, -0.05) is 28.1 Å². The molecule has 9 heteroatoms. The summed E-state index contributed by atoms with van der Waals surface area (Å²) in [6.45, 7) is 0.695. The first kappa shape index (κ1) is 18.2. The standard InChI is InChI=1S/C12H10BrF7O/c1-9(21,7-3-2-4-8(13)5-7)6-10(14,11(15,16)17)12(18,19)20/h2-5,21H,6H2,1H3. The summed E-state index contributed by atoms with van der Waals surface area (Å²) in [5.74, 6) is 0. The highest BCUT2D eigenvalue weighted by atomic mass is 79.9. The van der Waals surface area contributed by atoms with Crippen molar-refractivity contribution in [2.75, 3.05) is 0 Å². The molecule has 0 radical (unpaired) electrons. The van der Waals surface area contributed by atoms with E-state index in [4.69, 9.17) is 0 Å². The van der Waals surface area contributed by atoms with Crippen LogP contribution < -0.4 is 0 Å². The Morgan fingerprint density at radius 2 is 1.48 bits per heavy atom. The highest BCUT2D eigenvalue weighted by molar-refractivity contribution is 9.10. The summed E-state index contributed by atoms with van der Waals surface area (Å²) in [5.41, 5.74) is -8.44. The third-order valence-electron chi connectivity index (χ3n) is 2.93. The maximum Gasteiger partial charge on any atom is 0.431 e. The van der Waals surface area contributed by atoms with Crippen molar-refractivity contribution in [3.05, 3.63) is 34.3 Å². The van der Waals surface area contributed by atoms with Crippen LogP contribution >= 0.6 is 15.9 Å². The molecule has 0 aliphatic carbocycles. The quantitative estimate of drug-likeness (QED) is 0.738. The number of alkyl halides is 7. The zero-order valence-electron chi connectivity index (χ0n) is 10.5. The van der Waals surface area contributed by atoms with Gasteiger partial charge in [0.1, 0.15) is 0 Å². The number of hydrogen-bond donors (Lipinski definition) is 1. The van der Waals surface area contributed by atoms with E-state index in [1.165, 1.54) is 12.1 Å². The Bertz CT molecular complexity index is 493. The molecular weight excluding hydrogens is 373 g/mol. The summed E-state index contributed by atoms with van der Waals surface area (Å²) in [6.07, 6.45) is -14.6. The predicted molar refractivity (Wildman–Crippen MR) is 64.3 cm³/mol. The number of halogens is 8. The van der Waals surface area contributed by atoms with E-state index in [0.29, 0.717) is 11.4 Å². The average molecular weight is 383 g/mol. The van der Waals surface area contributed by atoms with Crippen LogP contribution in [0.25, 0.3) is 0 Å². The van der Waals surface area contributed by atoms with Gasteiger partial charge in [-0.25, -0.2) is 4.39 Å². The van der Waals surface area contributed by atoms with E-state index in [1.54, 1.807) is 0 Å². The zero-order valence-corrected chi connectivity index (χ0v) is 12.1. The third-order valence-corrected chi connectivity index (χ3v) is 3.43. The van der Waals surface area contributed by atoms with E-state index in [-0.39, 0.29) is 5.56 Å². The van der Waals surface area contributed by atoms with Crippen LogP contribution in [-0.2, 0) is 5.60 Å². The minimum Gasteiger partial charge on any atom is -0.385 e. The molecule has 0 spiro atoms. The second-order valence-electron chi connectivity index (χ2n) is 4.76. The predicted octanol–water partition coefficient (Wildman–Crippen LogP) is 4.88. The summed E-state index contributed by atoms with van der Waals surface area (Å²) in [5, 5.41) is 9.91. The Balaban J connectivity index is 3.26. The van der Waals surface area contributed by atoms with Crippen molar-refractivity contribution in [3.63, 3.8) is 0 Å². The van der Waals surface area contributed by atoms with Crippen LogP contribution in [0, 0.1) is 0 Å². The number of rotatable bonds is 3. The molecule has 1 aromatic carbocycles. The van der Waals surface area contributed by atoms with Gasteiger partial charge in [0.25, 0.3) is 0 Å². The molecule has 1 aromatic rings. The SMILES string of the molecule is CC(O)(CC(F)(C(F)(F)F)C(F)(F)F)c1cccc(Br)c1. The van der Waals surface area contributed by atoms with Crippen molar-refractivity contribution in [1.82, 2.24) is 0 Å². The van der Waals surface area contributed by atoms with Crippen molar-refractivity contribution in [2.24, 2.45) is 0 Å². The fourth-order valence-corrected chi connectivity index (χ4v) is 2.16. The Morgan fingerprint density at radius 3 is 1.86 bits per heavy atom. The molecule has 0 aliphatic heterocycles. The van der Waals surface area contributed by atoms with Crippen LogP contribution in [0.5, 0.6) is 0 Å². The maximum atomic E-state index is 13.7. The van der Waals surface area contributed by atoms with E-state index in [9.17, 15) is 35.8 Å². The van der Waals surface area contributed by atoms with Gasteiger partial charge in [-0.05, 0) is 24.6 Å². The largest absolute Gasteiger partial charge is 0.431 e. The molecule has 0 saturated heterocycles. The lowest BCUT2D eigenvalue weighted by Gasteiger charge is -2.36. The van der Waals surface area contributed by atoms with Crippen molar-refractivity contribution in [2.45, 2.75) is 37.0 Å². The van der Waals surface area contributed by atoms with E-state index >= 15 is 0 Å². The summed E-state index contributed by atoms with van der Waals surface area (Å²) in [4.78, 5) is 0. The Kier molecular flexibility index (Phi) is 4.70. The third kappa shape index (κ3) is 3.68. The van der Waals surface area contributed by atoms with Gasteiger partial charge in [0.05, 0.1) is 5.60 Å². The normalized spacial score (nSPS) is 16.7. The lowest BCUT2D eigenvalue weighted by Crippen LogP contribution is -2.56. The first-order valence-electron chi connectivity index (χ1n) is 5.51.